The highest BCUT2D eigenvalue weighted by Gasteiger charge is 2.10. The predicted octanol–water partition coefficient (Wildman–Crippen LogP) is 3.26. The quantitative estimate of drug-likeness (QED) is 0.842. The molecule has 104 valence electrons. The van der Waals surface area contributed by atoms with E-state index in [0.29, 0.717) is 11.3 Å². The Morgan fingerprint density at radius 3 is 2.65 bits per heavy atom. The van der Waals surface area contributed by atoms with Crippen LogP contribution in [0.4, 0.5) is 8.78 Å². The largest absolute Gasteiger partial charge is 0.493 e. The third kappa shape index (κ3) is 3.74. The van der Waals surface area contributed by atoms with Crippen molar-refractivity contribution in [2.75, 3.05) is 7.11 Å². The molecule has 0 saturated heterocycles. The van der Waals surface area contributed by atoms with E-state index in [9.17, 15) is 8.78 Å². The number of nitrogens with zero attached hydrogens (tertiary/aromatic N) is 2. The van der Waals surface area contributed by atoms with Crippen molar-refractivity contribution in [1.29, 1.82) is 0 Å². The van der Waals surface area contributed by atoms with E-state index in [4.69, 9.17) is 4.74 Å². The van der Waals surface area contributed by atoms with Crippen molar-refractivity contribution in [2.24, 2.45) is 0 Å². The van der Waals surface area contributed by atoms with Crippen LogP contribution in [0.3, 0.4) is 0 Å². The van der Waals surface area contributed by atoms with Crippen molar-refractivity contribution < 1.29 is 18.3 Å². The third-order valence-corrected chi connectivity index (χ3v) is 2.46. The molecule has 0 unspecified atom stereocenters. The highest BCUT2D eigenvalue weighted by molar-refractivity contribution is 5.69. The van der Waals surface area contributed by atoms with Gasteiger partial charge in [-0.3, -0.25) is 0 Å². The van der Waals surface area contributed by atoms with Gasteiger partial charge in [-0.05, 0) is 29.8 Å². The SMILES string of the molecule is COc1ccc(C=Cc2ccncn2)cc1OC(F)F. The summed E-state index contributed by atoms with van der Waals surface area (Å²) in [5.74, 6) is 0.247. The minimum atomic E-state index is -2.90. The minimum Gasteiger partial charge on any atom is -0.493 e. The van der Waals surface area contributed by atoms with Gasteiger partial charge in [0.05, 0.1) is 12.8 Å². The van der Waals surface area contributed by atoms with Gasteiger partial charge in [-0.2, -0.15) is 8.78 Å². The number of rotatable bonds is 5. The molecule has 20 heavy (non-hydrogen) atoms. The number of aromatic nitrogens is 2. The van der Waals surface area contributed by atoms with Crippen molar-refractivity contribution in [2.45, 2.75) is 6.61 Å². The van der Waals surface area contributed by atoms with E-state index in [0.717, 1.165) is 0 Å². The molecule has 1 heterocycles. The molecule has 6 heteroatoms. The molecule has 1 aromatic carbocycles. The molecule has 0 bridgehead atoms. The summed E-state index contributed by atoms with van der Waals surface area (Å²) in [7, 11) is 1.39. The van der Waals surface area contributed by atoms with Gasteiger partial charge < -0.3 is 9.47 Å². The number of hydrogen-bond acceptors (Lipinski definition) is 4. The van der Waals surface area contributed by atoms with Crippen LogP contribution >= 0.6 is 0 Å². The number of methoxy groups -OCH3 is 1. The molecule has 2 rings (SSSR count). The molecular weight excluding hydrogens is 266 g/mol. The van der Waals surface area contributed by atoms with E-state index < -0.39 is 6.61 Å². The molecule has 2 aromatic rings. The molecule has 0 atom stereocenters. The summed E-state index contributed by atoms with van der Waals surface area (Å²) in [4.78, 5) is 7.83. The van der Waals surface area contributed by atoms with Gasteiger partial charge in [0.2, 0.25) is 0 Å². The Balaban J connectivity index is 2.22. The summed E-state index contributed by atoms with van der Waals surface area (Å²) in [6.07, 6.45) is 6.53. The zero-order valence-electron chi connectivity index (χ0n) is 10.7. The summed E-state index contributed by atoms with van der Waals surface area (Å²) in [5.41, 5.74) is 1.41. The maximum Gasteiger partial charge on any atom is 0.387 e. The summed E-state index contributed by atoms with van der Waals surface area (Å²) in [6, 6.07) is 6.51. The maximum atomic E-state index is 12.3. The van der Waals surface area contributed by atoms with Crippen molar-refractivity contribution in [1.82, 2.24) is 9.97 Å². The van der Waals surface area contributed by atoms with Gasteiger partial charge in [0.25, 0.3) is 0 Å². The van der Waals surface area contributed by atoms with Gasteiger partial charge in [0, 0.05) is 6.20 Å². The normalized spacial score (nSPS) is 11.0. The van der Waals surface area contributed by atoms with Crippen LogP contribution in [0, 0.1) is 0 Å². The first-order valence-corrected chi connectivity index (χ1v) is 5.76. The van der Waals surface area contributed by atoms with Gasteiger partial charge in [-0.1, -0.05) is 12.1 Å². The molecule has 0 fully saturated rings. The van der Waals surface area contributed by atoms with Crippen LogP contribution in [-0.4, -0.2) is 23.7 Å². The first-order valence-electron chi connectivity index (χ1n) is 5.76. The predicted molar refractivity (Wildman–Crippen MR) is 70.6 cm³/mol. The topological polar surface area (TPSA) is 44.2 Å². The van der Waals surface area contributed by atoms with E-state index in [1.54, 1.807) is 36.5 Å². The van der Waals surface area contributed by atoms with Crippen LogP contribution in [0.15, 0.2) is 36.8 Å². The highest BCUT2D eigenvalue weighted by Crippen LogP contribution is 2.30. The van der Waals surface area contributed by atoms with Gasteiger partial charge >= 0.3 is 6.61 Å². The fraction of sp³-hybridized carbons (Fsp3) is 0.143. The summed E-state index contributed by atoms with van der Waals surface area (Å²) >= 11 is 0. The first kappa shape index (κ1) is 13.9. The Labute approximate surface area is 114 Å². The minimum absolute atomic E-state index is 0.00709. The van der Waals surface area contributed by atoms with E-state index in [1.165, 1.54) is 19.5 Å². The fourth-order valence-corrected chi connectivity index (χ4v) is 1.57. The standard InChI is InChI=1S/C14H12F2N2O2/c1-19-12-5-3-10(8-13(12)20-14(15)16)2-4-11-6-7-17-9-18-11/h2-9,14H,1H3. The molecule has 0 aliphatic heterocycles. The molecule has 0 spiro atoms. The Kier molecular flexibility index (Phi) is 4.60. The second kappa shape index (κ2) is 6.60. The maximum absolute atomic E-state index is 12.3. The molecule has 0 N–H and O–H groups in total. The molecule has 0 aliphatic carbocycles. The second-order valence-corrected chi connectivity index (χ2v) is 3.76. The Morgan fingerprint density at radius 1 is 1.15 bits per heavy atom. The summed E-state index contributed by atoms with van der Waals surface area (Å²) in [5, 5.41) is 0. The lowest BCUT2D eigenvalue weighted by atomic mass is 10.1. The van der Waals surface area contributed by atoms with E-state index in [-0.39, 0.29) is 11.5 Å². The highest BCUT2D eigenvalue weighted by atomic mass is 19.3. The van der Waals surface area contributed by atoms with E-state index in [1.807, 2.05) is 0 Å². The monoisotopic (exact) mass is 278 g/mol. The van der Waals surface area contributed by atoms with Crippen molar-refractivity contribution in [3.63, 3.8) is 0 Å². The molecule has 0 saturated carbocycles. The van der Waals surface area contributed by atoms with Crippen molar-refractivity contribution in [3.8, 4) is 11.5 Å². The zero-order valence-corrected chi connectivity index (χ0v) is 10.7. The molecule has 0 amide bonds. The lowest BCUT2D eigenvalue weighted by molar-refractivity contribution is -0.0512. The summed E-state index contributed by atoms with van der Waals surface area (Å²) in [6.45, 7) is -2.90. The number of ether oxygens (including phenoxy) is 2. The average Bonchev–Trinajstić information content (AvgIpc) is 2.46. The van der Waals surface area contributed by atoms with Crippen LogP contribution in [0.5, 0.6) is 11.5 Å². The Morgan fingerprint density at radius 2 is 2.00 bits per heavy atom. The molecule has 1 aromatic heterocycles. The van der Waals surface area contributed by atoms with Crippen molar-refractivity contribution >= 4 is 12.2 Å². The van der Waals surface area contributed by atoms with Crippen LogP contribution < -0.4 is 9.47 Å². The fourth-order valence-electron chi connectivity index (χ4n) is 1.57. The number of halogens is 2. The Bertz CT molecular complexity index is 589. The van der Waals surface area contributed by atoms with E-state index in [2.05, 4.69) is 14.7 Å². The first-order chi connectivity index (χ1) is 9.69. The molecule has 0 radical (unpaired) electrons. The van der Waals surface area contributed by atoms with Crippen LogP contribution in [0.2, 0.25) is 0 Å². The van der Waals surface area contributed by atoms with Gasteiger partial charge in [0.15, 0.2) is 11.5 Å². The summed E-state index contributed by atoms with van der Waals surface area (Å²) < 4.78 is 34.0. The smallest absolute Gasteiger partial charge is 0.387 e. The van der Waals surface area contributed by atoms with Crippen LogP contribution in [0.1, 0.15) is 11.3 Å². The lowest BCUT2D eigenvalue weighted by Gasteiger charge is -2.10. The van der Waals surface area contributed by atoms with Crippen molar-refractivity contribution in [3.05, 3.63) is 48.0 Å². The number of hydrogen-bond donors (Lipinski definition) is 0. The van der Waals surface area contributed by atoms with Crippen LogP contribution in [-0.2, 0) is 0 Å². The molecular formula is C14H12F2N2O2. The lowest BCUT2D eigenvalue weighted by Crippen LogP contribution is -2.03. The molecule has 4 nitrogen and oxygen atoms in total. The number of benzene rings is 1. The zero-order chi connectivity index (χ0) is 14.4. The average molecular weight is 278 g/mol. The Hall–Kier alpha value is -2.50. The molecule has 0 aliphatic rings. The van der Waals surface area contributed by atoms with E-state index >= 15 is 0 Å². The van der Waals surface area contributed by atoms with Crippen LogP contribution in [0.25, 0.3) is 12.2 Å². The number of alkyl halides is 2. The van der Waals surface area contributed by atoms with Gasteiger partial charge in [0.1, 0.15) is 6.33 Å². The van der Waals surface area contributed by atoms with Gasteiger partial charge in [-0.15, -0.1) is 0 Å². The van der Waals surface area contributed by atoms with Gasteiger partial charge in [-0.25, -0.2) is 9.97 Å². The third-order valence-electron chi connectivity index (χ3n) is 2.46. The second-order valence-electron chi connectivity index (χ2n) is 3.76.